The van der Waals surface area contributed by atoms with Crippen LogP contribution in [0.2, 0.25) is 0 Å². The van der Waals surface area contributed by atoms with E-state index in [9.17, 15) is 19.5 Å². The fraction of sp³-hybridized carbons (Fsp3) is 0.500. The van der Waals surface area contributed by atoms with Crippen molar-refractivity contribution in [3.8, 4) is 0 Å². The molecule has 3 rings (SSSR count). The number of aliphatic hydroxyl groups is 1. The zero-order valence-electron chi connectivity index (χ0n) is 22.4. The van der Waals surface area contributed by atoms with E-state index < -0.39 is 17.6 Å². The Morgan fingerprint density at radius 1 is 1.25 bits per heavy atom. The number of pyridine rings is 1. The van der Waals surface area contributed by atoms with E-state index in [0.717, 1.165) is 0 Å². The molecule has 2 aliphatic heterocycles. The van der Waals surface area contributed by atoms with Gasteiger partial charge in [-0.25, -0.2) is 0 Å². The zero-order chi connectivity index (χ0) is 27.0. The Morgan fingerprint density at radius 3 is 2.50 bits per heavy atom. The highest BCUT2D eigenvalue weighted by Gasteiger charge is 2.40. The van der Waals surface area contributed by atoms with Gasteiger partial charge in [-0.3, -0.25) is 24.7 Å². The van der Waals surface area contributed by atoms with Crippen molar-refractivity contribution in [2.24, 2.45) is 0 Å². The van der Waals surface area contributed by atoms with Crippen LogP contribution < -0.4 is 5.32 Å². The van der Waals surface area contributed by atoms with Crippen LogP contribution in [0.3, 0.4) is 0 Å². The van der Waals surface area contributed by atoms with Gasteiger partial charge in [-0.2, -0.15) is 0 Å². The van der Waals surface area contributed by atoms with Gasteiger partial charge in [0, 0.05) is 13.0 Å². The number of carbonyl (C=O) groups excluding carboxylic acids is 3. The first-order chi connectivity index (χ1) is 16.9. The number of aromatic nitrogens is 1. The molecule has 36 heavy (non-hydrogen) atoms. The summed E-state index contributed by atoms with van der Waals surface area (Å²) in [6.45, 7) is 12.7. The SMILES string of the molecule is C=C/C(C)=C\C=C(C)C.CCC(O)(CCN(C)C)c1ccc2c(n1)CN(C1CCC(=O)NC1=O)C2=O. The Hall–Kier alpha value is -3.10. The number of allylic oxidation sites excluding steroid dienone is 5. The van der Waals surface area contributed by atoms with Crippen LogP contribution in [-0.4, -0.2) is 64.3 Å². The standard InChI is InChI=1S/C19H26N4O4.C9H14/c1-4-19(27,9-10-22(2)3)15-7-5-12-13(20-15)11-23(18(12)26)14-6-8-16(24)21-17(14)25;1-5-9(4)7-6-8(2)3/h5,7,14,27H,4,6,8-11H2,1-3H3,(H,21,24,25);5-7H,1H2,2-4H3/b;9-7-. The van der Waals surface area contributed by atoms with Crippen molar-refractivity contribution >= 4 is 17.7 Å². The van der Waals surface area contributed by atoms with Gasteiger partial charge in [0.25, 0.3) is 5.91 Å². The molecule has 3 amide bonds. The van der Waals surface area contributed by atoms with Gasteiger partial charge < -0.3 is 14.9 Å². The van der Waals surface area contributed by atoms with Gasteiger partial charge in [-0.1, -0.05) is 42.9 Å². The first kappa shape index (κ1) is 29.1. The Labute approximate surface area is 214 Å². The molecule has 0 saturated carbocycles. The van der Waals surface area contributed by atoms with Crippen LogP contribution in [0.1, 0.15) is 75.1 Å². The smallest absolute Gasteiger partial charge is 0.256 e. The summed E-state index contributed by atoms with van der Waals surface area (Å²) >= 11 is 0. The molecule has 8 heteroatoms. The third-order valence-electron chi connectivity index (χ3n) is 6.41. The molecule has 196 valence electrons. The van der Waals surface area contributed by atoms with Crippen molar-refractivity contribution in [3.63, 3.8) is 0 Å². The summed E-state index contributed by atoms with van der Waals surface area (Å²) in [5.41, 5.74) is 3.02. The van der Waals surface area contributed by atoms with Crippen LogP contribution in [0.4, 0.5) is 0 Å². The predicted molar refractivity (Wildman–Crippen MR) is 141 cm³/mol. The summed E-state index contributed by atoms with van der Waals surface area (Å²) in [5.74, 6) is -1.01. The summed E-state index contributed by atoms with van der Waals surface area (Å²) in [6, 6.07) is 2.72. The van der Waals surface area contributed by atoms with Gasteiger partial charge in [-0.05, 0) is 66.3 Å². The maximum atomic E-state index is 12.7. The first-order valence-corrected chi connectivity index (χ1v) is 12.4. The minimum absolute atomic E-state index is 0.210. The quantitative estimate of drug-likeness (QED) is 0.422. The lowest BCUT2D eigenvalue weighted by Gasteiger charge is -2.29. The predicted octanol–water partition coefficient (Wildman–Crippen LogP) is 3.48. The van der Waals surface area contributed by atoms with Gasteiger partial charge in [0.05, 0.1) is 23.5 Å². The molecule has 3 heterocycles. The number of nitrogens with one attached hydrogen (secondary N) is 1. The number of fused-ring (bicyclic) bond motifs is 1. The van der Waals surface area contributed by atoms with Gasteiger partial charge in [-0.15, -0.1) is 0 Å². The van der Waals surface area contributed by atoms with Gasteiger partial charge in [0.2, 0.25) is 11.8 Å². The topological polar surface area (TPSA) is 103 Å². The van der Waals surface area contributed by atoms with E-state index in [-0.39, 0.29) is 24.8 Å². The van der Waals surface area contributed by atoms with Crippen molar-refractivity contribution in [2.45, 2.75) is 71.6 Å². The second-order valence-electron chi connectivity index (χ2n) is 9.89. The first-order valence-electron chi connectivity index (χ1n) is 12.4. The normalized spacial score (nSPS) is 19.2. The number of nitrogens with zero attached hydrogens (tertiary/aromatic N) is 3. The van der Waals surface area contributed by atoms with E-state index in [4.69, 9.17) is 0 Å². The lowest BCUT2D eigenvalue weighted by Crippen LogP contribution is -2.52. The van der Waals surface area contributed by atoms with E-state index in [1.807, 2.05) is 38.9 Å². The van der Waals surface area contributed by atoms with Crippen molar-refractivity contribution in [3.05, 3.63) is 65.0 Å². The maximum absolute atomic E-state index is 12.7. The fourth-order valence-electron chi connectivity index (χ4n) is 3.96. The molecule has 1 aromatic rings. The Morgan fingerprint density at radius 2 is 1.94 bits per heavy atom. The van der Waals surface area contributed by atoms with E-state index >= 15 is 0 Å². The third-order valence-corrected chi connectivity index (χ3v) is 6.41. The Balaban J connectivity index is 0.000000434. The van der Waals surface area contributed by atoms with E-state index in [0.29, 0.717) is 42.8 Å². The van der Waals surface area contributed by atoms with Gasteiger partial charge in [0.15, 0.2) is 0 Å². The molecule has 2 unspecified atom stereocenters. The van der Waals surface area contributed by atoms with Crippen molar-refractivity contribution in [1.82, 2.24) is 20.1 Å². The minimum atomic E-state index is -1.07. The average Bonchev–Trinajstić information content (AvgIpc) is 3.16. The molecule has 1 saturated heterocycles. The summed E-state index contributed by atoms with van der Waals surface area (Å²) in [5, 5.41) is 13.3. The highest BCUT2D eigenvalue weighted by atomic mass is 16.3. The average molecular weight is 497 g/mol. The van der Waals surface area contributed by atoms with E-state index in [2.05, 4.69) is 42.9 Å². The number of imide groups is 1. The molecule has 2 N–H and O–H groups in total. The number of hydrogen-bond donors (Lipinski definition) is 2. The lowest BCUT2D eigenvalue weighted by molar-refractivity contribution is -0.136. The number of hydrogen-bond acceptors (Lipinski definition) is 6. The largest absolute Gasteiger partial charge is 0.384 e. The molecule has 0 radical (unpaired) electrons. The van der Waals surface area contributed by atoms with E-state index in [1.165, 1.54) is 16.0 Å². The monoisotopic (exact) mass is 496 g/mol. The van der Waals surface area contributed by atoms with Gasteiger partial charge >= 0.3 is 0 Å². The number of rotatable bonds is 8. The molecule has 1 aromatic heterocycles. The number of carbonyl (C=O) groups is 3. The van der Waals surface area contributed by atoms with Crippen LogP contribution in [0, 0.1) is 0 Å². The van der Waals surface area contributed by atoms with Crippen LogP contribution >= 0.6 is 0 Å². The minimum Gasteiger partial charge on any atom is -0.384 e. The molecule has 0 aliphatic carbocycles. The Kier molecular flexibility index (Phi) is 10.3. The lowest BCUT2D eigenvalue weighted by atomic mass is 9.91. The molecule has 0 bridgehead atoms. The maximum Gasteiger partial charge on any atom is 0.256 e. The molecule has 1 fully saturated rings. The second-order valence-corrected chi connectivity index (χ2v) is 9.89. The molecule has 0 spiro atoms. The zero-order valence-corrected chi connectivity index (χ0v) is 22.4. The van der Waals surface area contributed by atoms with E-state index in [1.54, 1.807) is 12.1 Å². The van der Waals surface area contributed by atoms with Crippen LogP contribution in [0.5, 0.6) is 0 Å². The number of piperidine rings is 1. The summed E-state index contributed by atoms with van der Waals surface area (Å²) in [6.07, 6.45) is 7.57. The molecule has 0 aromatic carbocycles. The van der Waals surface area contributed by atoms with Crippen molar-refractivity contribution in [1.29, 1.82) is 0 Å². The number of amides is 3. The fourth-order valence-corrected chi connectivity index (χ4v) is 3.96. The molecule has 2 aliphatic rings. The van der Waals surface area contributed by atoms with Gasteiger partial charge in [0.1, 0.15) is 11.6 Å². The van der Waals surface area contributed by atoms with Crippen LogP contribution in [-0.2, 0) is 21.7 Å². The van der Waals surface area contributed by atoms with Crippen molar-refractivity contribution < 1.29 is 19.5 Å². The van der Waals surface area contributed by atoms with Crippen molar-refractivity contribution in [2.75, 3.05) is 20.6 Å². The summed E-state index contributed by atoms with van der Waals surface area (Å²) in [7, 11) is 3.89. The van der Waals surface area contributed by atoms with Crippen LogP contribution in [0.15, 0.2) is 48.1 Å². The second kappa shape index (κ2) is 12.7. The molecule has 2 atom stereocenters. The highest BCUT2D eigenvalue weighted by Crippen LogP contribution is 2.32. The summed E-state index contributed by atoms with van der Waals surface area (Å²) < 4.78 is 0. The molecule has 8 nitrogen and oxygen atoms in total. The third kappa shape index (κ3) is 7.45. The summed E-state index contributed by atoms with van der Waals surface area (Å²) in [4.78, 5) is 44.2. The Bertz CT molecular complexity index is 1060. The van der Waals surface area contributed by atoms with Crippen LogP contribution in [0.25, 0.3) is 0 Å². The highest BCUT2D eigenvalue weighted by molar-refractivity contribution is 6.05. The molecular weight excluding hydrogens is 456 g/mol. The molecular formula is C28H40N4O4.